The summed E-state index contributed by atoms with van der Waals surface area (Å²) in [5.74, 6) is 6.98. The number of carbonyl (C=O) groups is 2. The van der Waals surface area contributed by atoms with Crippen molar-refractivity contribution in [2.45, 2.75) is 110 Å². The van der Waals surface area contributed by atoms with E-state index in [1.165, 1.54) is 30.6 Å². The second-order valence-electron chi connectivity index (χ2n) is 11.1. The van der Waals surface area contributed by atoms with E-state index in [0.29, 0.717) is 30.7 Å². The summed E-state index contributed by atoms with van der Waals surface area (Å²) in [7, 11) is 0. The average Bonchev–Trinajstić information content (AvgIpc) is 3.34. The lowest BCUT2D eigenvalue weighted by molar-refractivity contribution is -0.120. The lowest BCUT2D eigenvalue weighted by atomic mass is 9.87. The molecule has 1 heterocycles. The molecule has 1 aliphatic carbocycles. The Hall–Kier alpha value is -2.52. The van der Waals surface area contributed by atoms with Gasteiger partial charge < -0.3 is 14.8 Å². The van der Waals surface area contributed by atoms with Crippen LogP contribution in [0.4, 0.5) is 10.5 Å². The molecular weight excluding hydrogens is 452 g/mol. The van der Waals surface area contributed by atoms with E-state index in [-0.39, 0.29) is 5.91 Å². The summed E-state index contributed by atoms with van der Waals surface area (Å²) in [6.45, 7) is 9.15. The third-order valence-corrected chi connectivity index (χ3v) is 6.78. The minimum atomic E-state index is -0.585. The number of amides is 2. The van der Waals surface area contributed by atoms with Crippen molar-refractivity contribution < 1.29 is 19.1 Å². The summed E-state index contributed by atoms with van der Waals surface area (Å²) in [5.41, 5.74) is 1.06. The molecule has 3 rings (SSSR count). The highest BCUT2D eigenvalue weighted by Crippen LogP contribution is 2.26. The molecule has 36 heavy (non-hydrogen) atoms. The number of ether oxygens (including phenoxy) is 2. The molecule has 0 aromatic heterocycles. The molecule has 1 aromatic rings. The van der Waals surface area contributed by atoms with Crippen LogP contribution in [0.3, 0.4) is 0 Å². The first-order valence-electron chi connectivity index (χ1n) is 13.8. The molecule has 0 spiro atoms. The van der Waals surface area contributed by atoms with Gasteiger partial charge in [0, 0.05) is 30.3 Å². The second kappa shape index (κ2) is 13.7. The monoisotopic (exact) mass is 496 g/mol. The largest absolute Gasteiger partial charge is 0.444 e. The molecule has 198 valence electrons. The number of rotatable bonds is 8. The van der Waals surface area contributed by atoms with Crippen molar-refractivity contribution in [1.82, 2.24) is 4.90 Å². The van der Waals surface area contributed by atoms with Crippen LogP contribution >= 0.6 is 0 Å². The Morgan fingerprint density at radius 3 is 2.42 bits per heavy atom. The van der Waals surface area contributed by atoms with Gasteiger partial charge in [-0.25, -0.2) is 4.79 Å². The number of hydrogen-bond donors (Lipinski definition) is 1. The second-order valence-corrected chi connectivity index (χ2v) is 11.1. The normalized spacial score (nSPS) is 22.0. The number of likely N-dealkylation sites (tertiary alicyclic amines) is 1. The van der Waals surface area contributed by atoms with Gasteiger partial charge in [0.2, 0.25) is 5.91 Å². The molecule has 6 heteroatoms. The van der Waals surface area contributed by atoms with Crippen LogP contribution < -0.4 is 5.32 Å². The molecule has 2 amide bonds. The Kier molecular flexibility index (Phi) is 10.7. The molecule has 1 aromatic carbocycles. The number of unbranched alkanes of at least 4 members (excludes halogenated alkanes) is 3. The fourth-order valence-electron chi connectivity index (χ4n) is 4.78. The van der Waals surface area contributed by atoms with Crippen molar-refractivity contribution >= 4 is 17.7 Å². The summed E-state index contributed by atoms with van der Waals surface area (Å²) < 4.78 is 11.5. The van der Waals surface area contributed by atoms with Gasteiger partial charge in [0.15, 0.2) is 0 Å². The highest BCUT2D eigenvalue weighted by molar-refractivity contribution is 5.96. The summed E-state index contributed by atoms with van der Waals surface area (Å²) in [4.78, 5) is 26.9. The Balaban J connectivity index is 1.43. The van der Waals surface area contributed by atoms with E-state index in [1.54, 1.807) is 0 Å². The van der Waals surface area contributed by atoms with Crippen molar-refractivity contribution in [3.63, 3.8) is 0 Å². The molecule has 6 nitrogen and oxygen atoms in total. The molecule has 2 aliphatic rings. The lowest BCUT2D eigenvalue weighted by Crippen LogP contribution is -2.45. The van der Waals surface area contributed by atoms with Crippen molar-refractivity contribution in [1.29, 1.82) is 0 Å². The molecule has 1 saturated heterocycles. The number of anilines is 1. The summed E-state index contributed by atoms with van der Waals surface area (Å²) in [5, 5.41) is 2.95. The zero-order valence-corrected chi connectivity index (χ0v) is 22.6. The van der Waals surface area contributed by atoms with Gasteiger partial charge in [-0.1, -0.05) is 38.0 Å². The van der Waals surface area contributed by atoms with Crippen LogP contribution in [0.5, 0.6) is 0 Å². The van der Waals surface area contributed by atoms with Crippen LogP contribution in [-0.2, 0) is 14.3 Å². The van der Waals surface area contributed by atoms with E-state index < -0.39 is 17.7 Å². The van der Waals surface area contributed by atoms with Crippen molar-refractivity contribution in [2.75, 3.05) is 18.5 Å². The molecule has 1 saturated carbocycles. The SMILES string of the molecule is CCCCCCOC1CCC(C#Cc2ccc(NC(=O)[C@H]3CCCN3C(=O)OC(C)(C)C)cc2)CC1. The zero-order chi connectivity index (χ0) is 26.0. The number of carbonyl (C=O) groups excluding carboxylic acids is 2. The van der Waals surface area contributed by atoms with Crippen LogP contribution in [0.2, 0.25) is 0 Å². The van der Waals surface area contributed by atoms with Gasteiger partial charge >= 0.3 is 6.09 Å². The van der Waals surface area contributed by atoms with Gasteiger partial charge in [-0.3, -0.25) is 9.69 Å². The van der Waals surface area contributed by atoms with Crippen LogP contribution in [0.25, 0.3) is 0 Å². The third kappa shape index (κ3) is 9.17. The zero-order valence-electron chi connectivity index (χ0n) is 22.6. The van der Waals surface area contributed by atoms with E-state index in [9.17, 15) is 9.59 Å². The molecule has 2 fully saturated rings. The smallest absolute Gasteiger partial charge is 0.410 e. The maximum atomic E-state index is 12.9. The molecule has 1 atom stereocenters. The number of nitrogens with zero attached hydrogens (tertiary/aromatic N) is 1. The minimum absolute atomic E-state index is 0.179. The molecule has 0 radical (unpaired) electrons. The van der Waals surface area contributed by atoms with E-state index in [0.717, 1.165) is 44.3 Å². The quantitative estimate of drug-likeness (QED) is 0.328. The first kappa shape index (κ1) is 28.1. The van der Waals surface area contributed by atoms with Gasteiger partial charge in [0.25, 0.3) is 0 Å². The molecule has 0 bridgehead atoms. The minimum Gasteiger partial charge on any atom is -0.444 e. The number of hydrogen-bond acceptors (Lipinski definition) is 4. The Morgan fingerprint density at radius 1 is 1.03 bits per heavy atom. The molecule has 1 aliphatic heterocycles. The Bertz CT molecular complexity index is 902. The van der Waals surface area contributed by atoms with E-state index in [1.807, 2.05) is 45.0 Å². The van der Waals surface area contributed by atoms with Crippen molar-refractivity contribution in [3.8, 4) is 11.8 Å². The highest BCUT2D eigenvalue weighted by atomic mass is 16.6. The van der Waals surface area contributed by atoms with Gasteiger partial charge in [-0.15, -0.1) is 0 Å². The van der Waals surface area contributed by atoms with E-state index in [4.69, 9.17) is 9.47 Å². The number of nitrogens with one attached hydrogen (secondary N) is 1. The third-order valence-electron chi connectivity index (χ3n) is 6.78. The summed E-state index contributed by atoms with van der Waals surface area (Å²) in [6.07, 6.45) is 10.8. The first-order valence-corrected chi connectivity index (χ1v) is 13.8. The fourth-order valence-corrected chi connectivity index (χ4v) is 4.78. The molecular formula is C30H44N2O4. The van der Waals surface area contributed by atoms with Gasteiger partial charge in [-0.05, 0) is 90.0 Å². The van der Waals surface area contributed by atoms with Crippen molar-refractivity contribution in [3.05, 3.63) is 29.8 Å². The maximum Gasteiger partial charge on any atom is 0.410 e. The average molecular weight is 497 g/mol. The van der Waals surface area contributed by atoms with Gasteiger partial charge in [0.1, 0.15) is 11.6 Å². The number of benzene rings is 1. The van der Waals surface area contributed by atoms with E-state index in [2.05, 4.69) is 24.1 Å². The van der Waals surface area contributed by atoms with E-state index >= 15 is 0 Å². The highest BCUT2D eigenvalue weighted by Gasteiger charge is 2.36. The van der Waals surface area contributed by atoms with Crippen LogP contribution in [0.15, 0.2) is 24.3 Å². The summed E-state index contributed by atoms with van der Waals surface area (Å²) in [6, 6.07) is 7.12. The molecule has 1 N–H and O–H groups in total. The predicted octanol–water partition coefficient (Wildman–Crippen LogP) is 6.53. The van der Waals surface area contributed by atoms with Gasteiger partial charge in [-0.2, -0.15) is 0 Å². The summed E-state index contributed by atoms with van der Waals surface area (Å²) >= 11 is 0. The van der Waals surface area contributed by atoms with Gasteiger partial charge in [0.05, 0.1) is 6.10 Å². The Morgan fingerprint density at radius 2 is 1.75 bits per heavy atom. The topological polar surface area (TPSA) is 67.9 Å². The predicted molar refractivity (Wildman–Crippen MR) is 144 cm³/mol. The van der Waals surface area contributed by atoms with Crippen molar-refractivity contribution in [2.24, 2.45) is 5.92 Å². The standard InChI is InChI=1S/C30H44N2O4/c1-5-6-7-8-22-35-26-19-15-24(16-20-26)12-11-23-13-17-25(18-14-23)31-28(33)27-10-9-21-32(27)29(34)36-30(2,3)4/h13-14,17-18,24,26-27H,5-10,15-16,19-22H2,1-4H3,(H,31,33)/t24?,26?,27-/m1/s1. The first-order chi connectivity index (χ1) is 17.2. The fraction of sp³-hybridized carbons (Fsp3) is 0.667. The molecule has 0 unspecified atom stereocenters. The lowest BCUT2D eigenvalue weighted by Gasteiger charge is -2.28. The van der Waals surface area contributed by atoms with Crippen LogP contribution in [0, 0.1) is 17.8 Å². The Labute approximate surface area is 217 Å². The maximum absolute atomic E-state index is 12.9. The van der Waals surface area contributed by atoms with Crippen LogP contribution in [0.1, 0.15) is 97.5 Å². The van der Waals surface area contributed by atoms with Crippen LogP contribution in [-0.4, -0.2) is 47.8 Å².